The van der Waals surface area contributed by atoms with Crippen molar-refractivity contribution in [1.29, 1.82) is 0 Å². The molecular weight excluding hydrogens is 460 g/mol. The molecule has 0 aliphatic heterocycles. The number of benzene rings is 1. The molecule has 192 valence electrons. The Morgan fingerprint density at radius 3 is 2.54 bits per heavy atom. The lowest BCUT2D eigenvalue weighted by Crippen LogP contribution is -2.33. The molecule has 2 aliphatic rings. The third kappa shape index (κ3) is 4.46. The lowest BCUT2D eigenvalue weighted by atomic mass is 9.87. The molecule has 1 aromatic carbocycles. The predicted molar refractivity (Wildman–Crippen MR) is 149 cm³/mol. The fourth-order valence-corrected chi connectivity index (χ4v) is 5.46. The first-order chi connectivity index (χ1) is 17.7. The van der Waals surface area contributed by atoms with Gasteiger partial charge in [0.25, 0.3) is 5.56 Å². The van der Waals surface area contributed by atoms with E-state index >= 15 is 0 Å². The molecule has 0 radical (unpaired) electrons. The van der Waals surface area contributed by atoms with Crippen LogP contribution in [0.4, 0.5) is 11.5 Å². The summed E-state index contributed by atoms with van der Waals surface area (Å²) in [5, 5.41) is 4.15. The number of nitrogens with one attached hydrogen (secondary N) is 1. The zero-order valence-corrected chi connectivity index (χ0v) is 22.5. The van der Waals surface area contributed by atoms with Crippen LogP contribution in [-0.4, -0.2) is 44.4 Å². The highest BCUT2D eigenvalue weighted by atomic mass is 16.1. The van der Waals surface area contributed by atoms with E-state index in [1.807, 2.05) is 23.0 Å². The predicted octanol–water partition coefficient (Wildman–Crippen LogP) is 5.38. The van der Waals surface area contributed by atoms with Gasteiger partial charge in [0.2, 0.25) is 0 Å². The molecule has 0 saturated heterocycles. The molecule has 1 N–H and O–H groups in total. The first-order valence-corrected chi connectivity index (χ1v) is 13.3. The summed E-state index contributed by atoms with van der Waals surface area (Å²) in [5.41, 5.74) is 6.64. The van der Waals surface area contributed by atoms with Crippen molar-refractivity contribution < 1.29 is 0 Å². The molecule has 1 saturated carbocycles. The number of aromatic nitrogens is 4. The van der Waals surface area contributed by atoms with Crippen molar-refractivity contribution in [1.82, 2.24) is 24.2 Å². The normalized spacial score (nSPS) is 17.8. The molecular formula is C30H36N6O. The molecule has 0 bridgehead atoms. The fraction of sp³-hybridized carbons (Fsp3) is 0.433. The first-order valence-electron chi connectivity index (χ1n) is 13.3. The molecule has 2 aliphatic carbocycles. The van der Waals surface area contributed by atoms with Crippen LogP contribution >= 0.6 is 0 Å². The van der Waals surface area contributed by atoms with Gasteiger partial charge in [-0.25, -0.2) is 14.3 Å². The Bertz CT molecular complexity index is 1540. The van der Waals surface area contributed by atoms with Gasteiger partial charge >= 0.3 is 0 Å². The highest BCUT2D eigenvalue weighted by Crippen LogP contribution is 2.36. The minimum Gasteiger partial charge on any atom is -0.340 e. The second kappa shape index (κ2) is 8.84. The van der Waals surface area contributed by atoms with Gasteiger partial charge in [0.05, 0.1) is 22.6 Å². The number of fused-ring (bicyclic) bond motifs is 2. The minimum atomic E-state index is -0.0864. The summed E-state index contributed by atoms with van der Waals surface area (Å²) >= 11 is 0. The molecule has 3 aromatic heterocycles. The number of nitrogens with zero attached hydrogens (tertiary/aromatic N) is 5. The first kappa shape index (κ1) is 23.9. The van der Waals surface area contributed by atoms with Crippen LogP contribution in [0.1, 0.15) is 62.9 Å². The second-order valence-electron chi connectivity index (χ2n) is 11.9. The molecule has 37 heavy (non-hydrogen) atoms. The molecule has 6 rings (SSSR count). The van der Waals surface area contributed by atoms with Gasteiger partial charge in [-0.15, -0.1) is 0 Å². The minimum absolute atomic E-state index is 0.0231. The largest absolute Gasteiger partial charge is 0.340 e. The number of hydrogen-bond donors (Lipinski definition) is 1. The van der Waals surface area contributed by atoms with Gasteiger partial charge in [0, 0.05) is 41.3 Å². The van der Waals surface area contributed by atoms with Crippen LogP contribution in [0, 0.1) is 0 Å². The van der Waals surface area contributed by atoms with E-state index in [9.17, 15) is 4.79 Å². The zero-order valence-electron chi connectivity index (χ0n) is 22.5. The lowest BCUT2D eigenvalue weighted by molar-refractivity contribution is 0.268. The van der Waals surface area contributed by atoms with E-state index in [0.29, 0.717) is 11.4 Å². The van der Waals surface area contributed by atoms with Crippen LogP contribution in [0.25, 0.3) is 16.6 Å². The number of aryl methyl sites for hydroxylation is 1. The van der Waals surface area contributed by atoms with E-state index < -0.39 is 0 Å². The number of hydrogen-bond acceptors (Lipinski definition) is 5. The Hall–Kier alpha value is -3.45. The van der Waals surface area contributed by atoms with E-state index in [4.69, 9.17) is 0 Å². The van der Waals surface area contributed by atoms with Gasteiger partial charge in [0.1, 0.15) is 5.82 Å². The molecule has 0 amide bonds. The van der Waals surface area contributed by atoms with Gasteiger partial charge in [-0.1, -0.05) is 26.8 Å². The van der Waals surface area contributed by atoms with Gasteiger partial charge in [-0.2, -0.15) is 0 Å². The van der Waals surface area contributed by atoms with Gasteiger partial charge in [-0.3, -0.25) is 9.78 Å². The van der Waals surface area contributed by atoms with Crippen LogP contribution in [0.15, 0.2) is 53.6 Å². The van der Waals surface area contributed by atoms with Crippen molar-refractivity contribution in [3.8, 4) is 5.69 Å². The Labute approximate surface area is 218 Å². The maximum Gasteiger partial charge on any atom is 0.276 e. The summed E-state index contributed by atoms with van der Waals surface area (Å²) in [6, 6.07) is 13.6. The molecule has 3 heterocycles. The number of rotatable bonds is 5. The van der Waals surface area contributed by atoms with Crippen molar-refractivity contribution in [3.63, 3.8) is 0 Å². The maximum absolute atomic E-state index is 13.5. The highest BCUT2D eigenvalue weighted by molar-refractivity contribution is 5.83. The van der Waals surface area contributed by atoms with Crippen molar-refractivity contribution in [2.24, 2.45) is 0 Å². The monoisotopic (exact) mass is 496 g/mol. The second-order valence-corrected chi connectivity index (χ2v) is 11.9. The number of anilines is 2. The third-order valence-electron chi connectivity index (χ3n) is 7.82. The smallest absolute Gasteiger partial charge is 0.276 e. The molecule has 7 heteroatoms. The number of likely N-dealkylation sites (N-methyl/N-ethyl adjacent to an activating group) is 1. The van der Waals surface area contributed by atoms with E-state index in [-0.39, 0.29) is 17.0 Å². The van der Waals surface area contributed by atoms with Crippen molar-refractivity contribution in [2.45, 2.75) is 70.4 Å². The molecule has 4 aromatic rings. The van der Waals surface area contributed by atoms with E-state index in [1.54, 1.807) is 6.20 Å². The topological polar surface area (TPSA) is 68.0 Å². The Morgan fingerprint density at radius 2 is 1.81 bits per heavy atom. The van der Waals surface area contributed by atoms with Gasteiger partial charge < -0.3 is 10.2 Å². The van der Waals surface area contributed by atoms with Crippen LogP contribution in [-0.2, 0) is 18.3 Å². The lowest BCUT2D eigenvalue weighted by Gasteiger charge is -2.30. The summed E-state index contributed by atoms with van der Waals surface area (Å²) < 4.78 is 3.99. The quantitative estimate of drug-likeness (QED) is 0.402. The molecule has 1 fully saturated rings. The van der Waals surface area contributed by atoms with Crippen LogP contribution in [0.3, 0.4) is 0 Å². The molecule has 1 atom stereocenters. The van der Waals surface area contributed by atoms with Crippen molar-refractivity contribution in [2.75, 3.05) is 19.4 Å². The van der Waals surface area contributed by atoms with Crippen molar-refractivity contribution in [3.05, 3.63) is 76.0 Å². The average molecular weight is 497 g/mol. The summed E-state index contributed by atoms with van der Waals surface area (Å²) in [5.74, 6) is 0.737. The molecule has 0 spiro atoms. The summed E-state index contributed by atoms with van der Waals surface area (Å²) in [6.45, 7) is 6.48. The van der Waals surface area contributed by atoms with Gasteiger partial charge in [-0.05, 0) is 81.6 Å². The van der Waals surface area contributed by atoms with E-state index in [2.05, 4.69) is 84.0 Å². The highest BCUT2D eigenvalue weighted by Gasteiger charge is 2.30. The SMILES string of the molecule is CN(C)C1CCc2cc(Nc3cc4c(cn3)c(=O)n(C3CC3)n4-c3ccnc(C(C)(C)C)c3)ccc2C1. The zero-order chi connectivity index (χ0) is 25.9. The fourth-order valence-electron chi connectivity index (χ4n) is 5.46. The van der Waals surface area contributed by atoms with Crippen LogP contribution in [0.2, 0.25) is 0 Å². The summed E-state index contributed by atoms with van der Waals surface area (Å²) in [4.78, 5) is 25.0. The van der Waals surface area contributed by atoms with E-state index in [0.717, 1.165) is 54.1 Å². The third-order valence-corrected chi connectivity index (χ3v) is 7.82. The Morgan fingerprint density at radius 1 is 1.00 bits per heavy atom. The summed E-state index contributed by atoms with van der Waals surface area (Å²) in [6.07, 6.45) is 8.97. The molecule has 7 nitrogen and oxygen atoms in total. The standard InChI is InChI=1S/C30H36N6O/c1-30(2,3)27-16-24(12-13-31-27)35-26-17-28(32-18-25(26)29(37)36(35)22-10-11-22)33-21-8-6-20-15-23(34(4)5)9-7-19(20)14-21/h6,8,12-14,16-18,22-23H,7,9-11,15H2,1-5H3,(H,32,33). The van der Waals surface area contributed by atoms with E-state index in [1.165, 1.54) is 17.5 Å². The van der Waals surface area contributed by atoms with Gasteiger partial charge in [0.15, 0.2) is 0 Å². The number of pyridine rings is 2. The van der Waals surface area contributed by atoms with Crippen molar-refractivity contribution >= 4 is 22.4 Å². The van der Waals surface area contributed by atoms with Crippen LogP contribution in [0.5, 0.6) is 0 Å². The molecule has 1 unspecified atom stereocenters. The van der Waals surface area contributed by atoms with Crippen LogP contribution < -0.4 is 10.9 Å². The maximum atomic E-state index is 13.5. The summed E-state index contributed by atoms with van der Waals surface area (Å²) in [7, 11) is 4.33. The Balaban J connectivity index is 1.39. The average Bonchev–Trinajstić information content (AvgIpc) is 3.67. The Kier molecular flexibility index (Phi) is 5.71.